The summed E-state index contributed by atoms with van der Waals surface area (Å²) in [6.07, 6.45) is 3.65. The third-order valence-electron chi connectivity index (χ3n) is 3.30. The first-order valence-electron chi connectivity index (χ1n) is 6.60. The van der Waals surface area contributed by atoms with Crippen molar-refractivity contribution in [2.45, 2.75) is 33.1 Å². The van der Waals surface area contributed by atoms with E-state index in [1.807, 2.05) is 19.9 Å². The zero-order chi connectivity index (χ0) is 13.2. The van der Waals surface area contributed by atoms with E-state index in [0.717, 1.165) is 24.5 Å². The number of aromatic nitrogens is 6. The van der Waals surface area contributed by atoms with Crippen molar-refractivity contribution < 1.29 is 0 Å². The number of hydrogen-bond acceptors (Lipinski definition) is 6. The van der Waals surface area contributed by atoms with Crippen molar-refractivity contribution in [3.8, 4) is 5.95 Å². The molecule has 2 aromatic rings. The number of aryl methyl sites for hydroxylation is 2. The monoisotopic (exact) mass is 259 g/mol. The van der Waals surface area contributed by atoms with Crippen molar-refractivity contribution in [1.82, 2.24) is 30.2 Å². The van der Waals surface area contributed by atoms with Gasteiger partial charge in [0.25, 0.3) is 11.9 Å². The van der Waals surface area contributed by atoms with Crippen LogP contribution in [0.4, 0.5) is 5.95 Å². The van der Waals surface area contributed by atoms with Crippen LogP contribution in [0.5, 0.6) is 0 Å². The van der Waals surface area contributed by atoms with E-state index < -0.39 is 0 Å². The Bertz CT molecular complexity index is 554. The molecule has 0 aromatic carbocycles. The van der Waals surface area contributed by atoms with Crippen LogP contribution in [-0.4, -0.2) is 43.3 Å². The Labute approximate surface area is 111 Å². The standard InChI is InChI=1S/C12H17N7/c1-9-8-10(2)19(17-9)12-15-13-11(14-16-12)18-6-4-3-5-7-18/h8H,3-7H2,1-2H3. The van der Waals surface area contributed by atoms with Crippen LogP contribution in [0.15, 0.2) is 6.07 Å². The molecule has 2 aromatic heterocycles. The Morgan fingerprint density at radius 3 is 2.11 bits per heavy atom. The van der Waals surface area contributed by atoms with Crippen molar-refractivity contribution in [3.05, 3.63) is 17.5 Å². The highest BCUT2D eigenvalue weighted by Crippen LogP contribution is 2.14. The third-order valence-corrected chi connectivity index (χ3v) is 3.30. The van der Waals surface area contributed by atoms with Gasteiger partial charge in [-0.25, -0.2) is 4.68 Å². The van der Waals surface area contributed by atoms with E-state index in [1.165, 1.54) is 19.3 Å². The van der Waals surface area contributed by atoms with E-state index in [-0.39, 0.29) is 0 Å². The Hall–Kier alpha value is -2.05. The summed E-state index contributed by atoms with van der Waals surface area (Å²) in [4.78, 5) is 2.13. The molecule has 1 fully saturated rings. The molecule has 7 heteroatoms. The summed E-state index contributed by atoms with van der Waals surface area (Å²) < 4.78 is 1.66. The highest BCUT2D eigenvalue weighted by atomic mass is 15.5. The van der Waals surface area contributed by atoms with E-state index in [0.29, 0.717) is 11.9 Å². The van der Waals surface area contributed by atoms with Crippen molar-refractivity contribution in [2.24, 2.45) is 0 Å². The molecule has 0 aliphatic carbocycles. The minimum atomic E-state index is 0.423. The number of rotatable bonds is 2. The topological polar surface area (TPSA) is 72.6 Å². The largest absolute Gasteiger partial charge is 0.338 e. The normalized spacial score (nSPS) is 15.8. The van der Waals surface area contributed by atoms with Gasteiger partial charge < -0.3 is 4.90 Å². The lowest BCUT2D eigenvalue weighted by Crippen LogP contribution is -2.31. The first-order chi connectivity index (χ1) is 9.24. The van der Waals surface area contributed by atoms with Crippen molar-refractivity contribution >= 4 is 5.95 Å². The zero-order valence-electron chi connectivity index (χ0n) is 11.2. The molecule has 0 radical (unpaired) electrons. The number of nitrogens with zero attached hydrogens (tertiary/aromatic N) is 7. The fraction of sp³-hybridized carbons (Fsp3) is 0.583. The molecular weight excluding hydrogens is 242 g/mol. The van der Waals surface area contributed by atoms with E-state index in [4.69, 9.17) is 0 Å². The van der Waals surface area contributed by atoms with Gasteiger partial charge in [-0.15, -0.1) is 20.4 Å². The molecular formula is C12H17N7. The molecule has 0 unspecified atom stereocenters. The highest BCUT2D eigenvalue weighted by Gasteiger charge is 2.15. The van der Waals surface area contributed by atoms with Crippen LogP contribution in [0.1, 0.15) is 30.7 Å². The smallest absolute Gasteiger partial charge is 0.289 e. The van der Waals surface area contributed by atoms with Crippen LogP contribution < -0.4 is 4.90 Å². The van der Waals surface area contributed by atoms with Gasteiger partial charge in [-0.1, -0.05) is 0 Å². The summed E-state index contributed by atoms with van der Waals surface area (Å²) in [7, 11) is 0. The predicted molar refractivity (Wildman–Crippen MR) is 70.3 cm³/mol. The molecule has 0 saturated carbocycles. The maximum absolute atomic E-state index is 4.32. The van der Waals surface area contributed by atoms with Gasteiger partial charge in [-0.3, -0.25) is 0 Å². The van der Waals surface area contributed by atoms with Crippen LogP contribution >= 0.6 is 0 Å². The highest BCUT2D eigenvalue weighted by molar-refractivity contribution is 5.27. The SMILES string of the molecule is Cc1cc(C)n(-c2nnc(N3CCCCC3)nn2)n1. The summed E-state index contributed by atoms with van der Waals surface area (Å²) in [5, 5.41) is 20.9. The van der Waals surface area contributed by atoms with Crippen molar-refractivity contribution in [2.75, 3.05) is 18.0 Å². The summed E-state index contributed by atoms with van der Waals surface area (Å²) >= 11 is 0. The molecule has 1 aliphatic rings. The molecule has 3 heterocycles. The maximum atomic E-state index is 4.32. The molecule has 7 nitrogen and oxygen atoms in total. The molecule has 1 aliphatic heterocycles. The first-order valence-corrected chi connectivity index (χ1v) is 6.60. The zero-order valence-corrected chi connectivity index (χ0v) is 11.2. The summed E-state index contributed by atoms with van der Waals surface area (Å²) in [5.41, 5.74) is 1.91. The van der Waals surface area contributed by atoms with Gasteiger partial charge in [0, 0.05) is 18.8 Å². The fourth-order valence-corrected chi connectivity index (χ4v) is 2.36. The molecule has 0 N–H and O–H groups in total. The Kier molecular flexibility index (Phi) is 3.10. The van der Waals surface area contributed by atoms with Gasteiger partial charge in [0.1, 0.15) is 0 Å². The van der Waals surface area contributed by atoms with Crippen LogP contribution in [0.3, 0.4) is 0 Å². The second kappa shape index (κ2) is 4.91. The Morgan fingerprint density at radius 1 is 0.895 bits per heavy atom. The third kappa shape index (κ3) is 2.40. The molecule has 100 valence electrons. The molecule has 1 saturated heterocycles. The number of piperidine rings is 1. The predicted octanol–water partition coefficient (Wildman–Crippen LogP) is 1.06. The summed E-state index contributed by atoms with van der Waals surface area (Å²) in [5.74, 6) is 1.04. The Morgan fingerprint density at radius 2 is 1.53 bits per heavy atom. The molecule has 19 heavy (non-hydrogen) atoms. The van der Waals surface area contributed by atoms with Gasteiger partial charge in [-0.2, -0.15) is 5.10 Å². The maximum Gasteiger partial charge on any atom is 0.289 e. The van der Waals surface area contributed by atoms with E-state index in [2.05, 4.69) is 30.4 Å². The quantitative estimate of drug-likeness (QED) is 0.803. The fourth-order valence-electron chi connectivity index (χ4n) is 2.36. The number of hydrogen-bond donors (Lipinski definition) is 0. The lowest BCUT2D eigenvalue weighted by Gasteiger charge is -2.25. The second-order valence-electron chi connectivity index (χ2n) is 4.89. The Balaban J connectivity index is 1.84. The average molecular weight is 259 g/mol. The van der Waals surface area contributed by atoms with E-state index in [1.54, 1.807) is 4.68 Å². The summed E-state index contributed by atoms with van der Waals surface area (Å²) in [6.45, 7) is 5.87. The lowest BCUT2D eigenvalue weighted by atomic mass is 10.1. The average Bonchev–Trinajstić information content (AvgIpc) is 2.79. The van der Waals surface area contributed by atoms with Gasteiger partial charge in [0.2, 0.25) is 0 Å². The minimum Gasteiger partial charge on any atom is -0.338 e. The summed E-state index contributed by atoms with van der Waals surface area (Å²) in [6, 6.07) is 1.97. The van der Waals surface area contributed by atoms with Gasteiger partial charge >= 0.3 is 0 Å². The molecule has 3 rings (SSSR count). The first kappa shape index (κ1) is 12.0. The molecule has 0 spiro atoms. The van der Waals surface area contributed by atoms with Gasteiger partial charge in [0.15, 0.2) is 0 Å². The molecule has 0 amide bonds. The van der Waals surface area contributed by atoms with Gasteiger partial charge in [-0.05, 0) is 39.2 Å². The van der Waals surface area contributed by atoms with Crippen molar-refractivity contribution in [3.63, 3.8) is 0 Å². The van der Waals surface area contributed by atoms with Gasteiger partial charge in [0.05, 0.1) is 5.69 Å². The van der Waals surface area contributed by atoms with E-state index >= 15 is 0 Å². The number of anilines is 1. The van der Waals surface area contributed by atoms with E-state index in [9.17, 15) is 0 Å². The van der Waals surface area contributed by atoms with Crippen LogP contribution in [0, 0.1) is 13.8 Å². The molecule has 0 atom stereocenters. The van der Waals surface area contributed by atoms with Crippen molar-refractivity contribution in [1.29, 1.82) is 0 Å². The minimum absolute atomic E-state index is 0.423. The van der Waals surface area contributed by atoms with Crippen LogP contribution in [0.2, 0.25) is 0 Å². The van der Waals surface area contributed by atoms with Crippen LogP contribution in [0.25, 0.3) is 5.95 Å². The van der Waals surface area contributed by atoms with Crippen LogP contribution in [-0.2, 0) is 0 Å². The lowest BCUT2D eigenvalue weighted by molar-refractivity contribution is 0.558. The molecule has 0 bridgehead atoms. The second-order valence-corrected chi connectivity index (χ2v) is 4.89.